The monoisotopic (exact) mass is 406 g/mol. The molecular formula is C14H10B2Br2O3. The zero-order valence-electron chi connectivity index (χ0n) is 11.0. The minimum absolute atomic E-state index is 0.0827. The second-order valence-corrected chi connectivity index (χ2v) is 6.28. The van der Waals surface area contributed by atoms with Crippen LogP contribution in [0.25, 0.3) is 0 Å². The minimum Gasteiger partial charge on any atom is -0.410 e. The predicted molar refractivity (Wildman–Crippen MR) is 93.7 cm³/mol. The highest BCUT2D eigenvalue weighted by Gasteiger charge is 2.14. The summed E-state index contributed by atoms with van der Waals surface area (Å²) >= 11 is 6.64. The molecule has 0 saturated heterocycles. The maximum absolute atomic E-state index is 11.7. The fourth-order valence-corrected chi connectivity index (χ4v) is 2.27. The van der Waals surface area contributed by atoms with Gasteiger partial charge in [0.15, 0.2) is 0 Å². The van der Waals surface area contributed by atoms with Crippen molar-refractivity contribution >= 4 is 69.1 Å². The van der Waals surface area contributed by atoms with E-state index in [-0.39, 0.29) is 14.6 Å². The highest BCUT2D eigenvalue weighted by atomic mass is 79.9. The second kappa shape index (κ2) is 7.61. The zero-order valence-corrected chi connectivity index (χ0v) is 14.2. The Hall–Kier alpha value is -1.33. The fraction of sp³-hybridized carbons (Fsp3) is 0. The lowest BCUT2D eigenvalue weighted by Gasteiger charge is -2.03. The van der Waals surface area contributed by atoms with Gasteiger partial charge in [-0.3, -0.25) is 9.59 Å². The Kier molecular flexibility index (Phi) is 5.82. The van der Waals surface area contributed by atoms with Crippen LogP contribution >= 0.6 is 31.9 Å². The molecular weight excluding hydrogens is 398 g/mol. The molecule has 0 aliphatic heterocycles. The zero-order chi connectivity index (χ0) is 15.2. The van der Waals surface area contributed by atoms with Crippen molar-refractivity contribution in [3.63, 3.8) is 0 Å². The van der Waals surface area contributed by atoms with E-state index in [0.717, 1.165) is 19.9 Å². The van der Waals surface area contributed by atoms with Gasteiger partial charge in [-0.2, -0.15) is 0 Å². The van der Waals surface area contributed by atoms with Crippen LogP contribution in [0.15, 0.2) is 57.5 Å². The van der Waals surface area contributed by atoms with Gasteiger partial charge in [-0.05, 0) is 24.3 Å². The molecule has 0 atom stereocenters. The summed E-state index contributed by atoms with van der Waals surface area (Å²) in [6.07, 6.45) is 0. The number of ether oxygens (including phenoxy) is 1. The van der Waals surface area contributed by atoms with Crippen molar-refractivity contribution in [2.24, 2.45) is 0 Å². The predicted octanol–water partition coefficient (Wildman–Crippen LogP) is 2.29. The van der Waals surface area contributed by atoms with Crippen molar-refractivity contribution in [2.75, 3.05) is 0 Å². The molecule has 0 heterocycles. The standard InChI is InChI=1S/C14H10B2Br2O3/c17-11-5-1-9(2-6-11)15-13(19)21-14(20)16-10-3-7-12(18)8-4-10/h1-8,15-16H. The Morgan fingerprint density at radius 2 is 1.05 bits per heavy atom. The first-order valence-electron chi connectivity index (χ1n) is 6.25. The summed E-state index contributed by atoms with van der Waals surface area (Å²) in [7, 11) is 0.165. The van der Waals surface area contributed by atoms with Gasteiger partial charge in [-0.15, -0.1) is 0 Å². The van der Waals surface area contributed by atoms with Crippen LogP contribution in [0.5, 0.6) is 0 Å². The quantitative estimate of drug-likeness (QED) is 0.577. The lowest BCUT2D eigenvalue weighted by atomic mass is 9.69. The third kappa shape index (κ3) is 5.52. The van der Waals surface area contributed by atoms with E-state index in [2.05, 4.69) is 31.9 Å². The average Bonchev–Trinajstić information content (AvgIpc) is 2.44. The van der Waals surface area contributed by atoms with Crippen molar-refractivity contribution < 1.29 is 14.3 Å². The van der Waals surface area contributed by atoms with Gasteiger partial charge in [0.1, 0.15) is 0 Å². The van der Waals surface area contributed by atoms with Crippen LogP contribution in [0.2, 0.25) is 0 Å². The van der Waals surface area contributed by atoms with Crippen molar-refractivity contribution in [3.8, 4) is 0 Å². The molecule has 104 valence electrons. The molecule has 0 radical (unpaired) electrons. The Morgan fingerprint density at radius 3 is 1.38 bits per heavy atom. The van der Waals surface area contributed by atoms with Gasteiger partial charge in [0, 0.05) is 8.95 Å². The van der Waals surface area contributed by atoms with Crippen LogP contribution in [0.4, 0.5) is 9.59 Å². The maximum Gasteiger partial charge on any atom is 0.294 e. The highest BCUT2D eigenvalue weighted by molar-refractivity contribution is 9.10. The number of carbonyl (C=O) groups is 2. The lowest BCUT2D eigenvalue weighted by Crippen LogP contribution is -2.31. The fourth-order valence-electron chi connectivity index (χ4n) is 1.74. The van der Waals surface area contributed by atoms with E-state index in [0.29, 0.717) is 0 Å². The molecule has 0 N–H and O–H groups in total. The average molecular weight is 408 g/mol. The van der Waals surface area contributed by atoms with Crippen LogP contribution in [-0.2, 0) is 4.74 Å². The molecule has 2 rings (SSSR count). The number of carbonyl (C=O) groups excluding carboxylic acids is 2. The van der Waals surface area contributed by atoms with Crippen molar-refractivity contribution in [3.05, 3.63) is 57.5 Å². The molecule has 21 heavy (non-hydrogen) atoms. The van der Waals surface area contributed by atoms with Gasteiger partial charge < -0.3 is 4.74 Å². The largest absolute Gasteiger partial charge is 0.410 e. The molecule has 7 heteroatoms. The highest BCUT2D eigenvalue weighted by Crippen LogP contribution is 2.06. The normalized spacial score (nSPS) is 9.81. The SMILES string of the molecule is O=C(Bc1ccc(Br)cc1)OC(=O)Bc1ccc(Br)cc1. The first-order chi connectivity index (χ1) is 10.0. The molecule has 0 aromatic heterocycles. The van der Waals surface area contributed by atoms with Crippen LogP contribution < -0.4 is 10.9 Å². The van der Waals surface area contributed by atoms with Crippen molar-refractivity contribution in [2.45, 2.75) is 0 Å². The minimum atomic E-state index is -0.542. The van der Waals surface area contributed by atoms with E-state index in [9.17, 15) is 9.59 Å². The Morgan fingerprint density at radius 1 is 0.714 bits per heavy atom. The van der Waals surface area contributed by atoms with E-state index in [1.54, 1.807) is 0 Å². The number of hydrogen-bond acceptors (Lipinski definition) is 3. The van der Waals surface area contributed by atoms with E-state index >= 15 is 0 Å². The van der Waals surface area contributed by atoms with Gasteiger partial charge in [-0.25, -0.2) is 0 Å². The molecule has 3 nitrogen and oxygen atoms in total. The molecule has 0 saturated carbocycles. The molecule has 0 unspecified atom stereocenters. The summed E-state index contributed by atoms with van der Waals surface area (Å²) in [4.78, 5) is 23.4. The lowest BCUT2D eigenvalue weighted by molar-refractivity contribution is 0.184. The Bertz CT molecular complexity index is 585. The summed E-state index contributed by atoms with van der Waals surface area (Å²) in [6, 6.07) is 14.6. The smallest absolute Gasteiger partial charge is 0.294 e. The molecule has 0 amide bonds. The summed E-state index contributed by atoms with van der Waals surface area (Å²) in [5.41, 5.74) is 1.61. The van der Waals surface area contributed by atoms with Crippen LogP contribution in [0, 0.1) is 0 Å². The van der Waals surface area contributed by atoms with E-state index < -0.39 is 11.7 Å². The summed E-state index contributed by atoms with van der Waals surface area (Å²) < 4.78 is 6.69. The number of benzene rings is 2. The topological polar surface area (TPSA) is 43.4 Å². The Balaban J connectivity index is 1.85. The van der Waals surface area contributed by atoms with Gasteiger partial charge >= 0.3 is 0 Å². The van der Waals surface area contributed by atoms with Gasteiger partial charge in [0.2, 0.25) is 0 Å². The van der Waals surface area contributed by atoms with E-state index in [1.165, 1.54) is 0 Å². The number of rotatable bonds is 4. The number of hydrogen-bond donors (Lipinski definition) is 0. The Labute approximate surface area is 140 Å². The molecule has 2 aromatic carbocycles. The third-order valence-electron chi connectivity index (χ3n) is 2.75. The maximum atomic E-state index is 11.7. The van der Waals surface area contributed by atoms with Gasteiger partial charge in [0.25, 0.3) is 26.3 Å². The first kappa shape index (κ1) is 16.0. The van der Waals surface area contributed by atoms with Gasteiger partial charge in [0.05, 0.1) is 0 Å². The first-order valence-corrected chi connectivity index (χ1v) is 7.84. The second-order valence-electron chi connectivity index (χ2n) is 4.45. The summed E-state index contributed by atoms with van der Waals surface area (Å²) in [5.74, 6) is -1.08. The number of halogens is 2. The van der Waals surface area contributed by atoms with Crippen LogP contribution in [0.3, 0.4) is 0 Å². The van der Waals surface area contributed by atoms with Crippen molar-refractivity contribution in [1.82, 2.24) is 0 Å². The van der Waals surface area contributed by atoms with Crippen LogP contribution in [0.1, 0.15) is 0 Å². The summed E-state index contributed by atoms with van der Waals surface area (Å²) in [6.45, 7) is 0. The van der Waals surface area contributed by atoms with Crippen molar-refractivity contribution in [1.29, 1.82) is 0 Å². The van der Waals surface area contributed by atoms with Crippen LogP contribution in [-0.4, -0.2) is 26.3 Å². The summed E-state index contributed by atoms with van der Waals surface area (Å²) in [5, 5.41) is 0. The molecule has 0 aliphatic carbocycles. The van der Waals surface area contributed by atoms with E-state index in [1.807, 2.05) is 48.5 Å². The molecule has 0 spiro atoms. The van der Waals surface area contributed by atoms with E-state index in [4.69, 9.17) is 4.74 Å². The molecule has 0 bridgehead atoms. The van der Waals surface area contributed by atoms with Gasteiger partial charge in [-0.1, -0.05) is 67.1 Å². The molecule has 2 aromatic rings. The third-order valence-corrected chi connectivity index (χ3v) is 3.81. The molecule has 0 aliphatic rings. The molecule has 0 fully saturated rings.